The maximum absolute atomic E-state index is 12.2. The van der Waals surface area contributed by atoms with Crippen LogP contribution in [-0.4, -0.2) is 25.2 Å². The lowest BCUT2D eigenvalue weighted by Crippen LogP contribution is -2.41. The molecular weight excluding hydrogens is 254 g/mol. The number of hydrogen-bond donors (Lipinski definition) is 1. The van der Waals surface area contributed by atoms with Gasteiger partial charge < -0.3 is 14.8 Å². The van der Waals surface area contributed by atoms with E-state index in [4.69, 9.17) is 9.47 Å². The molecule has 0 aliphatic rings. The number of carbonyl (C=O) groups is 1. The molecular formula is C16H25NO3. The van der Waals surface area contributed by atoms with Crippen LogP contribution >= 0.6 is 0 Å². The Morgan fingerprint density at radius 1 is 1.20 bits per heavy atom. The van der Waals surface area contributed by atoms with Crippen LogP contribution in [0.5, 0.6) is 5.75 Å². The molecule has 4 heteroatoms. The van der Waals surface area contributed by atoms with E-state index < -0.39 is 5.60 Å². The maximum Gasteiger partial charge on any atom is 0.256 e. The first-order valence-corrected chi connectivity index (χ1v) is 7.15. The molecule has 0 radical (unpaired) electrons. The van der Waals surface area contributed by atoms with E-state index in [0.29, 0.717) is 13.0 Å². The van der Waals surface area contributed by atoms with Crippen molar-refractivity contribution in [2.24, 2.45) is 0 Å². The molecule has 0 unspecified atom stereocenters. The van der Waals surface area contributed by atoms with Crippen molar-refractivity contribution in [3.63, 3.8) is 0 Å². The number of amides is 1. The zero-order valence-corrected chi connectivity index (χ0v) is 12.9. The van der Waals surface area contributed by atoms with Gasteiger partial charge in [0.2, 0.25) is 0 Å². The first kappa shape index (κ1) is 16.5. The lowest BCUT2D eigenvalue weighted by molar-refractivity contribution is -0.136. The SMILES string of the molecule is CCCOc1ccc(NC(=O)[C@@](C)(CCC)OC)cc1. The van der Waals surface area contributed by atoms with E-state index >= 15 is 0 Å². The predicted molar refractivity (Wildman–Crippen MR) is 81.2 cm³/mol. The summed E-state index contributed by atoms with van der Waals surface area (Å²) < 4.78 is 10.9. The second kappa shape index (κ2) is 7.90. The molecule has 112 valence electrons. The zero-order chi connectivity index (χ0) is 15.0. The normalized spacial score (nSPS) is 13.6. The molecule has 0 aromatic heterocycles. The molecule has 20 heavy (non-hydrogen) atoms. The van der Waals surface area contributed by atoms with Crippen molar-refractivity contribution in [1.29, 1.82) is 0 Å². The van der Waals surface area contributed by atoms with Gasteiger partial charge >= 0.3 is 0 Å². The average Bonchev–Trinajstić information content (AvgIpc) is 2.46. The Morgan fingerprint density at radius 2 is 1.85 bits per heavy atom. The fourth-order valence-corrected chi connectivity index (χ4v) is 1.90. The van der Waals surface area contributed by atoms with Crippen LogP contribution in [-0.2, 0) is 9.53 Å². The smallest absolute Gasteiger partial charge is 0.256 e. The molecule has 0 bridgehead atoms. The Hall–Kier alpha value is -1.55. The summed E-state index contributed by atoms with van der Waals surface area (Å²) in [6.07, 6.45) is 2.55. The van der Waals surface area contributed by atoms with Crippen molar-refractivity contribution in [1.82, 2.24) is 0 Å². The van der Waals surface area contributed by atoms with E-state index in [1.807, 2.05) is 38.1 Å². The fraction of sp³-hybridized carbons (Fsp3) is 0.562. The van der Waals surface area contributed by atoms with E-state index in [9.17, 15) is 4.79 Å². The molecule has 0 heterocycles. The van der Waals surface area contributed by atoms with Crippen molar-refractivity contribution in [2.45, 2.75) is 45.6 Å². The molecule has 0 saturated carbocycles. The highest BCUT2D eigenvalue weighted by molar-refractivity contribution is 5.97. The molecule has 1 aromatic rings. The van der Waals surface area contributed by atoms with E-state index in [2.05, 4.69) is 12.2 Å². The van der Waals surface area contributed by atoms with Gasteiger partial charge in [0.15, 0.2) is 0 Å². The summed E-state index contributed by atoms with van der Waals surface area (Å²) in [6.45, 7) is 6.60. The minimum atomic E-state index is -0.786. The lowest BCUT2D eigenvalue weighted by atomic mass is 9.99. The Bertz CT molecular complexity index is 416. The van der Waals surface area contributed by atoms with Crippen LogP contribution in [0.25, 0.3) is 0 Å². The molecule has 0 saturated heterocycles. The van der Waals surface area contributed by atoms with Crippen LogP contribution in [0, 0.1) is 0 Å². The highest BCUT2D eigenvalue weighted by Gasteiger charge is 2.31. The van der Waals surface area contributed by atoms with Gasteiger partial charge in [-0.25, -0.2) is 0 Å². The molecule has 1 rings (SSSR count). The molecule has 1 N–H and O–H groups in total. The molecule has 0 aliphatic carbocycles. The van der Waals surface area contributed by atoms with Crippen LogP contribution in [0.3, 0.4) is 0 Å². The van der Waals surface area contributed by atoms with E-state index in [0.717, 1.165) is 24.3 Å². The Morgan fingerprint density at radius 3 is 2.35 bits per heavy atom. The van der Waals surface area contributed by atoms with Gasteiger partial charge in [0, 0.05) is 12.8 Å². The van der Waals surface area contributed by atoms with Gasteiger partial charge in [-0.15, -0.1) is 0 Å². The number of anilines is 1. The summed E-state index contributed by atoms with van der Waals surface area (Å²) in [4.78, 5) is 12.2. The first-order chi connectivity index (χ1) is 9.55. The van der Waals surface area contributed by atoms with Crippen LogP contribution in [0.2, 0.25) is 0 Å². The van der Waals surface area contributed by atoms with Gasteiger partial charge in [-0.3, -0.25) is 4.79 Å². The quantitative estimate of drug-likeness (QED) is 0.790. The lowest BCUT2D eigenvalue weighted by Gasteiger charge is -2.26. The third-order valence-electron chi connectivity index (χ3n) is 3.24. The summed E-state index contributed by atoms with van der Waals surface area (Å²) in [7, 11) is 1.57. The molecule has 0 spiro atoms. The van der Waals surface area contributed by atoms with Gasteiger partial charge in [0.1, 0.15) is 11.4 Å². The van der Waals surface area contributed by atoms with Crippen molar-refractivity contribution in [2.75, 3.05) is 19.0 Å². The van der Waals surface area contributed by atoms with Crippen LogP contribution in [0.1, 0.15) is 40.0 Å². The second-order valence-electron chi connectivity index (χ2n) is 5.01. The average molecular weight is 279 g/mol. The Balaban J connectivity index is 2.65. The minimum Gasteiger partial charge on any atom is -0.494 e. The first-order valence-electron chi connectivity index (χ1n) is 7.15. The molecule has 0 fully saturated rings. The number of nitrogens with one attached hydrogen (secondary N) is 1. The Labute approximate surface area is 121 Å². The van der Waals surface area contributed by atoms with Gasteiger partial charge in [0.25, 0.3) is 5.91 Å². The highest BCUT2D eigenvalue weighted by Crippen LogP contribution is 2.21. The summed E-state index contributed by atoms with van der Waals surface area (Å²) in [5.41, 5.74) is -0.0372. The standard InChI is InChI=1S/C16H25NO3/c1-5-11-16(3,19-4)15(18)17-13-7-9-14(10-8-13)20-12-6-2/h7-10H,5-6,11-12H2,1-4H3,(H,17,18)/t16-/m1/s1. The molecule has 4 nitrogen and oxygen atoms in total. The van der Waals surface area contributed by atoms with Crippen LogP contribution in [0.4, 0.5) is 5.69 Å². The number of ether oxygens (including phenoxy) is 2. The summed E-state index contributed by atoms with van der Waals surface area (Å²) >= 11 is 0. The minimum absolute atomic E-state index is 0.121. The van der Waals surface area contributed by atoms with Crippen molar-refractivity contribution >= 4 is 11.6 Å². The van der Waals surface area contributed by atoms with E-state index in [1.165, 1.54) is 0 Å². The summed E-state index contributed by atoms with van der Waals surface area (Å²) in [5, 5.41) is 2.88. The molecule has 1 amide bonds. The fourth-order valence-electron chi connectivity index (χ4n) is 1.90. The third kappa shape index (κ3) is 4.53. The van der Waals surface area contributed by atoms with E-state index in [-0.39, 0.29) is 5.91 Å². The summed E-state index contributed by atoms with van der Waals surface area (Å²) in [6, 6.07) is 7.39. The van der Waals surface area contributed by atoms with Gasteiger partial charge in [-0.05, 0) is 44.0 Å². The molecule has 1 atom stereocenters. The Kier molecular flexibility index (Phi) is 6.52. The number of hydrogen-bond acceptors (Lipinski definition) is 3. The monoisotopic (exact) mass is 279 g/mol. The van der Waals surface area contributed by atoms with Gasteiger partial charge in [0.05, 0.1) is 6.61 Å². The number of methoxy groups -OCH3 is 1. The highest BCUT2D eigenvalue weighted by atomic mass is 16.5. The van der Waals surface area contributed by atoms with Crippen LogP contribution < -0.4 is 10.1 Å². The summed E-state index contributed by atoms with van der Waals surface area (Å²) in [5.74, 6) is 0.692. The van der Waals surface area contributed by atoms with Crippen molar-refractivity contribution in [3.05, 3.63) is 24.3 Å². The van der Waals surface area contributed by atoms with Gasteiger partial charge in [-0.2, -0.15) is 0 Å². The number of rotatable bonds is 8. The van der Waals surface area contributed by atoms with Crippen molar-refractivity contribution < 1.29 is 14.3 Å². The largest absolute Gasteiger partial charge is 0.494 e. The van der Waals surface area contributed by atoms with Crippen LogP contribution in [0.15, 0.2) is 24.3 Å². The third-order valence-corrected chi connectivity index (χ3v) is 3.24. The second-order valence-corrected chi connectivity index (χ2v) is 5.01. The zero-order valence-electron chi connectivity index (χ0n) is 12.9. The van der Waals surface area contributed by atoms with Gasteiger partial charge in [-0.1, -0.05) is 20.3 Å². The molecule has 0 aliphatic heterocycles. The number of carbonyl (C=O) groups excluding carboxylic acids is 1. The maximum atomic E-state index is 12.2. The molecule has 1 aromatic carbocycles. The van der Waals surface area contributed by atoms with Crippen molar-refractivity contribution in [3.8, 4) is 5.75 Å². The number of benzene rings is 1. The topological polar surface area (TPSA) is 47.6 Å². The van der Waals surface area contributed by atoms with E-state index in [1.54, 1.807) is 7.11 Å². The predicted octanol–water partition coefficient (Wildman–Crippen LogP) is 3.62.